The summed E-state index contributed by atoms with van der Waals surface area (Å²) in [5.74, 6) is 0. The second-order valence-corrected chi connectivity index (χ2v) is 3.27. The van der Waals surface area contributed by atoms with Crippen molar-refractivity contribution < 1.29 is 24.8 Å². The molecule has 3 N–H and O–H groups in total. The summed E-state index contributed by atoms with van der Waals surface area (Å²) in [6, 6.07) is 0. The van der Waals surface area contributed by atoms with Crippen LogP contribution in [0, 0.1) is 0 Å². The molecule has 0 bridgehead atoms. The summed E-state index contributed by atoms with van der Waals surface area (Å²) in [5.41, 5.74) is 0. The molecule has 2 unspecified atom stereocenters. The monoisotopic (exact) mass is 192 g/mol. The minimum absolute atomic E-state index is 0.186. The lowest BCUT2D eigenvalue weighted by Crippen LogP contribution is -2.38. The zero-order valence-corrected chi connectivity index (χ0v) is 7.59. The van der Waals surface area contributed by atoms with E-state index in [1.165, 1.54) is 6.92 Å². The summed E-state index contributed by atoms with van der Waals surface area (Å²) < 4.78 is 9.95. The third-order valence-electron chi connectivity index (χ3n) is 1.88. The quantitative estimate of drug-likeness (QED) is 0.510. The lowest BCUT2D eigenvalue weighted by Gasteiger charge is -2.30. The van der Waals surface area contributed by atoms with Crippen molar-refractivity contribution in [3.63, 3.8) is 0 Å². The van der Waals surface area contributed by atoms with Gasteiger partial charge in [-0.05, 0) is 6.92 Å². The van der Waals surface area contributed by atoms with Crippen LogP contribution in [-0.2, 0) is 9.47 Å². The van der Waals surface area contributed by atoms with Gasteiger partial charge in [-0.15, -0.1) is 0 Å². The average molecular weight is 192 g/mol. The first-order valence-corrected chi connectivity index (χ1v) is 4.39. The second kappa shape index (κ2) is 4.88. The van der Waals surface area contributed by atoms with Gasteiger partial charge < -0.3 is 24.8 Å². The van der Waals surface area contributed by atoms with Crippen molar-refractivity contribution in [2.24, 2.45) is 0 Å². The molecule has 1 fully saturated rings. The zero-order valence-electron chi connectivity index (χ0n) is 7.59. The van der Waals surface area contributed by atoms with E-state index in [1.54, 1.807) is 0 Å². The van der Waals surface area contributed by atoms with E-state index in [1.807, 2.05) is 0 Å². The predicted molar refractivity (Wildman–Crippen MR) is 43.8 cm³/mol. The van der Waals surface area contributed by atoms with Crippen LogP contribution in [0.1, 0.15) is 19.8 Å². The van der Waals surface area contributed by atoms with E-state index >= 15 is 0 Å². The lowest BCUT2D eigenvalue weighted by molar-refractivity contribution is -0.215. The first-order valence-electron chi connectivity index (χ1n) is 4.39. The van der Waals surface area contributed by atoms with Gasteiger partial charge in [-0.1, -0.05) is 0 Å². The largest absolute Gasteiger partial charge is 0.393 e. The van der Waals surface area contributed by atoms with Gasteiger partial charge in [0.15, 0.2) is 12.6 Å². The molecule has 1 aliphatic heterocycles. The summed E-state index contributed by atoms with van der Waals surface area (Å²) in [7, 11) is 0. The van der Waals surface area contributed by atoms with Gasteiger partial charge in [-0.2, -0.15) is 0 Å². The molecule has 5 nitrogen and oxygen atoms in total. The molecule has 5 heteroatoms. The highest BCUT2D eigenvalue weighted by Crippen LogP contribution is 2.18. The van der Waals surface area contributed by atoms with E-state index in [4.69, 9.17) is 19.7 Å². The highest BCUT2D eigenvalue weighted by atomic mass is 16.6. The number of ether oxygens (including phenoxy) is 2. The van der Waals surface area contributed by atoms with Crippen LogP contribution in [0.3, 0.4) is 0 Å². The summed E-state index contributed by atoms with van der Waals surface area (Å²) in [4.78, 5) is 0. The van der Waals surface area contributed by atoms with E-state index in [0.29, 0.717) is 6.42 Å². The molecule has 1 heterocycles. The first kappa shape index (κ1) is 10.9. The Labute approximate surface area is 76.9 Å². The van der Waals surface area contributed by atoms with Gasteiger partial charge in [0.05, 0.1) is 18.8 Å². The van der Waals surface area contributed by atoms with Crippen molar-refractivity contribution in [1.29, 1.82) is 0 Å². The SMILES string of the molecule is CC(O)OC[C@@H]1C[C@H](O)CC(O)O1. The topological polar surface area (TPSA) is 79.2 Å². The molecular weight excluding hydrogens is 176 g/mol. The summed E-state index contributed by atoms with van der Waals surface area (Å²) in [5, 5.41) is 27.2. The van der Waals surface area contributed by atoms with E-state index < -0.39 is 18.7 Å². The maximum Gasteiger partial charge on any atom is 0.157 e. The second-order valence-electron chi connectivity index (χ2n) is 3.27. The maximum atomic E-state index is 9.26. The van der Waals surface area contributed by atoms with E-state index in [2.05, 4.69) is 0 Å². The molecule has 0 saturated carbocycles. The maximum absolute atomic E-state index is 9.26. The van der Waals surface area contributed by atoms with Crippen LogP contribution < -0.4 is 0 Å². The fourth-order valence-corrected chi connectivity index (χ4v) is 1.32. The first-order chi connectivity index (χ1) is 6.08. The Morgan fingerprint density at radius 3 is 2.69 bits per heavy atom. The van der Waals surface area contributed by atoms with Gasteiger partial charge in [0, 0.05) is 12.8 Å². The summed E-state index contributed by atoms with van der Waals surface area (Å²) in [6.45, 7) is 1.68. The standard InChI is InChI=1S/C8H16O5/c1-5(9)12-4-7-2-6(10)3-8(11)13-7/h5-11H,2-4H2,1H3/t5?,6-,7-,8?/m0/s1. The minimum Gasteiger partial charge on any atom is -0.393 e. The smallest absolute Gasteiger partial charge is 0.157 e. The van der Waals surface area contributed by atoms with Crippen LogP contribution in [0.15, 0.2) is 0 Å². The van der Waals surface area contributed by atoms with E-state index in [9.17, 15) is 5.11 Å². The van der Waals surface area contributed by atoms with Gasteiger partial charge in [-0.3, -0.25) is 0 Å². The third-order valence-corrected chi connectivity index (χ3v) is 1.88. The number of hydrogen-bond donors (Lipinski definition) is 3. The minimum atomic E-state index is -0.925. The van der Waals surface area contributed by atoms with E-state index in [-0.39, 0.29) is 19.1 Å². The van der Waals surface area contributed by atoms with Gasteiger partial charge in [0.2, 0.25) is 0 Å². The Hall–Kier alpha value is -0.200. The predicted octanol–water partition coefficient (Wildman–Crippen LogP) is -0.800. The molecule has 4 atom stereocenters. The molecular formula is C8H16O5. The third kappa shape index (κ3) is 4.02. The molecule has 0 aliphatic carbocycles. The lowest BCUT2D eigenvalue weighted by atomic mass is 10.1. The zero-order chi connectivity index (χ0) is 9.84. The highest BCUT2D eigenvalue weighted by molar-refractivity contribution is 4.72. The van der Waals surface area contributed by atoms with Crippen molar-refractivity contribution in [2.45, 2.75) is 44.6 Å². The molecule has 0 spiro atoms. The van der Waals surface area contributed by atoms with Crippen LogP contribution in [0.5, 0.6) is 0 Å². The normalized spacial score (nSPS) is 37.4. The number of aliphatic hydroxyl groups excluding tert-OH is 3. The molecule has 0 aromatic carbocycles. The molecule has 13 heavy (non-hydrogen) atoms. The molecule has 0 aromatic heterocycles. The number of rotatable bonds is 3. The molecule has 0 radical (unpaired) electrons. The van der Waals surface area contributed by atoms with Gasteiger partial charge in [-0.25, -0.2) is 0 Å². The Bertz CT molecular complexity index is 139. The van der Waals surface area contributed by atoms with Crippen LogP contribution in [0.2, 0.25) is 0 Å². The van der Waals surface area contributed by atoms with Crippen LogP contribution in [0.25, 0.3) is 0 Å². The Morgan fingerprint density at radius 1 is 1.46 bits per heavy atom. The van der Waals surface area contributed by atoms with Crippen LogP contribution in [0.4, 0.5) is 0 Å². The van der Waals surface area contributed by atoms with Gasteiger partial charge in [0.1, 0.15) is 0 Å². The van der Waals surface area contributed by atoms with Crippen molar-refractivity contribution >= 4 is 0 Å². The molecule has 78 valence electrons. The number of hydrogen-bond acceptors (Lipinski definition) is 5. The van der Waals surface area contributed by atoms with Crippen molar-refractivity contribution in [1.82, 2.24) is 0 Å². The fourth-order valence-electron chi connectivity index (χ4n) is 1.32. The van der Waals surface area contributed by atoms with Crippen molar-refractivity contribution in [3.8, 4) is 0 Å². The molecule has 1 rings (SSSR count). The van der Waals surface area contributed by atoms with Gasteiger partial charge in [0.25, 0.3) is 0 Å². The summed E-state index contributed by atoms with van der Waals surface area (Å²) in [6.07, 6.45) is -1.99. The number of aliphatic hydroxyl groups is 3. The Balaban J connectivity index is 2.25. The molecule has 0 aromatic rings. The van der Waals surface area contributed by atoms with Crippen molar-refractivity contribution in [3.05, 3.63) is 0 Å². The Morgan fingerprint density at radius 2 is 2.15 bits per heavy atom. The Kier molecular flexibility index (Phi) is 4.08. The molecule has 1 aliphatic rings. The van der Waals surface area contributed by atoms with Crippen LogP contribution >= 0.6 is 0 Å². The summed E-state index contributed by atoms with van der Waals surface area (Å²) >= 11 is 0. The average Bonchev–Trinajstić information content (AvgIpc) is 1.99. The highest BCUT2D eigenvalue weighted by Gasteiger charge is 2.27. The fraction of sp³-hybridized carbons (Fsp3) is 1.00. The van der Waals surface area contributed by atoms with Gasteiger partial charge >= 0.3 is 0 Å². The molecule has 0 amide bonds. The van der Waals surface area contributed by atoms with E-state index in [0.717, 1.165) is 0 Å². The molecule has 1 saturated heterocycles. The van der Waals surface area contributed by atoms with Crippen molar-refractivity contribution in [2.75, 3.05) is 6.61 Å². The van der Waals surface area contributed by atoms with Crippen LogP contribution in [-0.4, -0.2) is 46.7 Å².